The highest BCUT2D eigenvalue weighted by Gasteiger charge is 2.30. The molecular weight excluding hydrogens is 308 g/mol. The van der Waals surface area contributed by atoms with Crippen LogP contribution >= 0.6 is 0 Å². The predicted octanol–water partition coefficient (Wildman–Crippen LogP) is 3.29. The first-order valence-electron chi connectivity index (χ1n) is 8.29. The molecule has 0 saturated carbocycles. The number of fused-ring (bicyclic) bond motifs is 2. The SMILES string of the molecule is CNC1=CC2C(/C(C#N)=C/c3cccc4cnccc34)=CNC2C=C1. The lowest BCUT2D eigenvalue weighted by Crippen LogP contribution is -2.27. The van der Waals surface area contributed by atoms with Gasteiger partial charge in [0.25, 0.3) is 0 Å². The van der Waals surface area contributed by atoms with E-state index in [1.54, 1.807) is 6.20 Å². The number of hydrogen-bond donors (Lipinski definition) is 2. The Morgan fingerprint density at radius 3 is 3.12 bits per heavy atom. The monoisotopic (exact) mass is 326 g/mol. The average molecular weight is 326 g/mol. The molecule has 4 rings (SSSR count). The minimum atomic E-state index is 0.162. The van der Waals surface area contributed by atoms with Crippen molar-refractivity contribution in [2.24, 2.45) is 5.92 Å². The van der Waals surface area contributed by atoms with E-state index in [4.69, 9.17) is 0 Å². The molecule has 0 fully saturated rings. The zero-order chi connectivity index (χ0) is 17.2. The fourth-order valence-electron chi connectivity index (χ4n) is 3.44. The minimum Gasteiger partial charge on any atom is -0.388 e. The number of hydrogen-bond acceptors (Lipinski definition) is 4. The van der Waals surface area contributed by atoms with Gasteiger partial charge in [-0.05, 0) is 34.7 Å². The standard InChI is InChI=1S/C21H18N4/c1-23-17-5-6-21-19(10-17)20(13-25-21)16(11-22)9-14-3-2-4-15-12-24-8-7-18(14)15/h2-10,12-13,19,21,23,25H,1H3/b16-9+. The van der Waals surface area contributed by atoms with Crippen molar-refractivity contribution < 1.29 is 0 Å². The first-order chi connectivity index (χ1) is 12.3. The van der Waals surface area contributed by atoms with Gasteiger partial charge < -0.3 is 10.6 Å². The Morgan fingerprint density at radius 1 is 1.36 bits per heavy atom. The van der Waals surface area contributed by atoms with Crippen LogP contribution in [0.4, 0.5) is 0 Å². The van der Waals surface area contributed by atoms with Crippen LogP contribution < -0.4 is 10.6 Å². The summed E-state index contributed by atoms with van der Waals surface area (Å²) in [5, 5.41) is 18.5. The first kappa shape index (κ1) is 15.2. The van der Waals surface area contributed by atoms with E-state index in [2.05, 4.69) is 39.9 Å². The van der Waals surface area contributed by atoms with Crippen molar-refractivity contribution in [3.8, 4) is 6.07 Å². The normalized spacial score (nSPS) is 21.8. The summed E-state index contributed by atoms with van der Waals surface area (Å²) in [4.78, 5) is 4.17. The van der Waals surface area contributed by atoms with Gasteiger partial charge >= 0.3 is 0 Å². The van der Waals surface area contributed by atoms with Gasteiger partial charge in [-0.15, -0.1) is 0 Å². The van der Waals surface area contributed by atoms with Gasteiger partial charge in [-0.3, -0.25) is 4.98 Å². The van der Waals surface area contributed by atoms with Crippen LogP contribution in [0.25, 0.3) is 16.8 Å². The lowest BCUT2D eigenvalue weighted by atomic mass is 9.86. The summed E-state index contributed by atoms with van der Waals surface area (Å²) in [6.07, 6.45) is 14.0. The second-order valence-electron chi connectivity index (χ2n) is 6.16. The highest BCUT2D eigenvalue weighted by molar-refractivity contribution is 5.91. The van der Waals surface area contributed by atoms with Gasteiger partial charge in [-0.1, -0.05) is 30.4 Å². The quantitative estimate of drug-likeness (QED) is 0.850. The lowest BCUT2D eigenvalue weighted by Gasteiger charge is -2.21. The molecule has 2 aliphatic rings. The van der Waals surface area contributed by atoms with Crippen LogP contribution in [-0.2, 0) is 0 Å². The fraction of sp³-hybridized carbons (Fsp3) is 0.143. The molecule has 0 bridgehead atoms. The topological polar surface area (TPSA) is 60.7 Å². The summed E-state index contributed by atoms with van der Waals surface area (Å²) in [6, 6.07) is 10.7. The number of nitriles is 1. The van der Waals surface area contributed by atoms with E-state index in [9.17, 15) is 5.26 Å². The van der Waals surface area contributed by atoms with Crippen molar-refractivity contribution in [3.05, 3.63) is 83.5 Å². The van der Waals surface area contributed by atoms with E-state index >= 15 is 0 Å². The van der Waals surface area contributed by atoms with Crippen molar-refractivity contribution in [2.45, 2.75) is 6.04 Å². The van der Waals surface area contributed by atoms with Crippen LogP contribution in [0, 0.1) is 17.2 Å². The van der Waals surface area contributed by atoms with E-state index in [1.807, 2.05) is 49.8 Å². The van der Waals surface area contributed by atoms with Crippen LogP contribution in [0.5, 0.6) is 0 Å². The molecule has 1 aromatic heterocycles. The molecule has 25 heavy (non-hydrogen) atoms. The third-order valence-electron chi connectivity index (χ3n) is 4.75. The Bertz CT molecular complexity index is 983. The van der Waals surface area contributed by atoms with Crippen molar-refractivity contribution in [2.75, 3.05) is 7.05 Å². The molecular formula is C21H18N4. The molecule has 4 nitrogen and oxygen atoms in total. The molecule has 1 aromatic carbocycles. The number of likely N-dealkylation sites (N-methyl/N-ethyl adjacent to an activating group) is 1. The Morgan fingerprint density at radius 2 is 2.28 bits per heavy atom. The maximum Gasteiger partial charge on any atom is 0.0995 e. The van der Waals surface area contributed by atoms with Gasteiger partial charge in [0.15, 0.2) is 0 Å². The predicted molar refractivity (Wildman–Crippen MR) is 100 cm³/mol. The number of nitrogens with zero attached hydrogens (tertiary/aromatic N) is 2. The average Bonchev–Trinajstić information content (AvgIpc) is 3.09. The summed E-state index contributed by atoms with van der Waals surface area (Å²) in [5.41, 5.74) is 3.82. The van der Waals surface area contributed by atoms with E-state index in [1.165, 1.54) is 0 Å². The van der Waals surface area contributed by atoms with Crippen molar-refractivity contribution in [1.82, 2.24) is 15.6 Å². The molecule has 0 radical (unpaired) electrons. The Balaban J connectivity index is 1.76. The zero-order valence-corrected chi connectivity index (χ0v) is 13.9. The molecule has 2 heterocycles. The van der Waals surface area contributed by atoms with Gasteiger partial charge in [0.1, 0.15) is 0 Å². The number of rotatable bonds is 3. The largest absolute Gasteiger partial charge is 0.388 e. The van der Waals surface area contributed by atoms with Gasteiger partial charge in [0.05, 0.1) is 17.7 Å². The summed E-state index contributed by atoms with van der Waals surface area (Å²) in [6.45, 7) is 0. The smallest absolute Gasteiger partial charge is 0.0995 e. The molecule has 4 heteroatoms. The number of aromatic nitrogens is 1. The summed E-state index contributed by atoms with van der Waals surface area (Å²) in [5.74, 6) is 0.162. The molecule has 122 valence electrons. The maximum absolute atomic E-state index is 9.78. The zero-order valence-electron chi connectivity index (χ0n) is 13.9. The Kier molecular flexibility index (Phi) is 3.83. The third kappa shape index (κ3) is 2.70. The molecule has 0 amide bonds. The number of benzene rings is 1. The minimum absolute atomic E-state index is 0.162. The number of pyridine rings is 1. The van der Waals surface area contributed by atoms with E-state index in [0.717, 1.165) is 27.6 Å². The summed E-state index contributed by atoms with van der Waals surface area (Å²) < 4.78 is 0. The van der Waals surface area contributed by atoms with Gasteiger partial charge in [-0.2, -0.15) is 5.26 Å². The third-order valence-corrected chi connectivity index (χ3v) is 4.75. The van der Waals surface area contributed by atoms with Crippen molar-refractivity contribution in [1.29, 1.82) is 5.26 Å². The lowest BCUT2D eigenvalue weighted by molar-refractivity contribution is 0.627. The Hall–Kier alpha value is -3.32. The van der Waals surface area contributed by atoms with Crippen LogP contribution in [0.2, 0.25) is 0 Å². The molecule has 0 spiro atoms. The van der Waals surface area contributed by atoms with Crippen LogP contribution in [-0.4, -0.2) is 18.1 Å². The first-order valence-corrected chi connectivity index (χ1v) is 8.29. The fourth-order valence-corrected chi connectivity index (χ4v) is 3.44. The van der Waals surface area contributed by atoms with Crippen LogP contribution in [0.3, 0.4) is 0 Å². The van der Waals surface area contributed by atoms with E-state index in [0.29, 0.717) is 5.57 Å². The molecule has 1 aliphatic carbocycles. The molecule has 1 aliphatic heterocycles. The number of nitrogens with one attached hydrogen (secondary N) is 2. The van der Waals surface area contributed by atoms with Crippen LogP contribution in [0.15, 0.2) is 77.9 Å². The van der Waals surface area contributed by atoms with Crippen LogP contribution in [0.1, 0.15) is 5.56 Å². The summed E-state index contributed by atoms with van der Waals surface area (Å²) >= 11 is 0. The molecule has 2 aromatic rings. The van der Waals surface area contributed by atoms with E-state index in [-0.39, 0.29) is 12.0 Å². The van der Waals surface area contributed by atoms with E-state index < -0.39 is 0 Å². The van der Waals surface area contributed by atoms with Gasteiger partial charge in [0.2, 0.25) is 0 Å². The van der Waals surface area contributed by atoms with Gasteiger partial charge in [-0.25, -0.2) is 0 Å². The molecule has 2 N–H and O–H groups in total. The highest BCUT2D eigenvalue weighted by atomic mass is 14.9. The van der Waals surface area contributed by atoms with Crippen molar-refractivity contribution >= 4 is 16.8 Å². The van der Waals surface area contributed by atoms with Crippen molar-refractivity contribution in [3.63, 3.8) is 0 Å². The number of allylic oxidation sites excluding steroid dienone is 2. The second kappa shape index (κ2) is 6.29. The Labute approximate surface area is 146 Å². The summed E-state index contributed by atoms with van der Waals surface area (Å²) in [7, 11) is 1.91. The highest BCUT2D eigenvalue weighted by Crippen LogP contribution is 2.33. The second-order valence-corrected chi connectivity index (χ2v) is 6.16. The van der Waals surface area contributed by atoms with Gasteiger partial charge in [0, 0.05) is 42.6 Å². The molecule has 2 atom stereocenters. The maximum atomic E-state index is 9.78. The molecule has 2 unspecified atom stereocenters. The molecule has 0 saturated heterocycles.